The van der Waals surface area contributed by atoms with Crippen molar-refractivity contribution in [3.8, 4) is 11.4 Å². The van der Waals surface area contributed by atoms with Gasteiger partial charge in [-0.25, -0.2) is 9.67 Å². The molecular weight excluding hydrogens is 374 g/mol. The van der Waals surface area contributed by atoms with E-state index in [1.54, 1.807) is 4.68 Å². The summed E-state index contributed by atoms with van der Waals surface area (Å²) in [5.41, 5.74) is 3.54. The van der Waals surface area contributed by atoms with Crippen molar-refractivity contribution in [2.75, 3.05) is 11.1 Å². The van der Waals surface area contributed by atoms with Crippen LogP contribution in [0.3, 0.4) is 0 Å². The van der Waals surface area contributed by atoms with Gasteiger partial charge in [0.05, 0.1) is 22.8 Å². The number of rotatable bonds is 6. The van der Waals surface area contributed by atoms with Crippen LogP contribution in [-0.2, 0) is 4.79 Å². The standard InChI is InChI=1S/C19H17N7OS/c27-17(11-28-19-23-24-25-26(19)14-8-9-14)20-13-5-3-4-12(10-13)18-21-15-6-1-2-7-16(15)22-18/h1-7,10,14H,8-9,11H2,(H,20,27)(H,21,22). The summed E-state index contributed by atoms with van der Waals surface area (Å²) < 4.78 is 1.81. The molecule has 0 unspecified atom stereocenters. The number of para-hydroxylation sites is 2. The number of thioether (sulfide) groups is 1. The minimum atomic E-state index is -0.0999. The number of hydrogen-bond donors (Lipinski definition) is 2. The van der Waals surface area contributed by atoms with Crippen LogP contribution in [0.5, 0.6) is 0 Å². The van der Waals surface area contributed by atoms with Crippen molar-refractivity contribution in [3.63, 3.8) is 0 Å². The number of carbonyl (C=O) groups excluding carboxylic acids is 1. The van der Waals surface area contributed by atoms with E-state index in [9.17, 15) is 4.79 Å². The Balaban J connectivity index is 1.27. The monoisotopic (exact) mass is 391 g/mol. The minimum Gasteiger partial charge on any atom is -0.338 e. The van der Waals surface area contributed by atoms with Crippen molar-refractivity contribution < 1.29 is 4.79 Å². The van der Waals surface area contributed by atoms with Gasteiger partial charge in [-0.15, -0.1) is 5.10 Å². The number of hydrogen-bond acceptors (Lipinski definition) is 6. The van der Waals surface area contributed by atoms with E-state index < -0.39 is 0 Å². The minimum absolute atomic E-state index is 0.0999. The Morgan fingerprint density at radius 2 is 2.11 bits per heavy atom. The van der Waals surface area contributed by atoms with Gasteiger partial charge in [0.2, 0.25) is 11.1 Å². The van der Waals surface area contributed by atoms with Gasteiger partial charge in [0.1, 0.15) is 5.82 Å². The molecule has 0 spiro atoms. The van der Waals surface area contributed by atoms with E-state index in [-0.39, 0.29) is 11.7 Å². The zero-order chi connectivity index (χ0) is 18.9. The molecular formula is C19H17N7OS. The molecule has 2 N–H and O–H groups in total. The number of H-pyrrole nitrogens is 1. The van der Waals surface area contributed by atoms with Gasteiger partial charge in [0.25, 0.3) is 0 Å². The smallest absolute Gasteiger partial charge is 0.234 e. The van der Waals surface area contributed by atoms with Crippen LogP contribution in [0.1, 0.15) is 18.9 Å². The summed E-state index contributed by atoms with van der Waals surface area (Å²) >= 11 is 1.35. The van der Waals surface area contributed by atoms with Crippen LogP contribution < -0.4 is 5.32 Å². The number of fused-ring (bicyclic) bond motifs is 1. The molecule has 2 aromatic heterocycles. The Morgan fingerprint density at radius 3 is 2.96 bits per heavy atom. The number of anilines is 1. The molecule has 1 aliphatic rings. The van der Waals surface area contributed by atoms with Crippen molar-refractivity contribution in [1.82, 2.24) is 30.2 Å². The summed E-state index contributed by atoms with van der Waals surface area (Å²) in [6.45, 7) is 0. The van der Waals surface area contributed by atoms with E-state index in [0.29, 0.717) is 11.2 Å². The maximum Gasteiger partial charge on any atom is 0.234 e. The van der Waals surface area contributed by atoms with Crippen LogP contribution in [0.4, 0.5) is 5.69 Å². The van der Waals surface area contributed by atoms with Gasteiger partial charge >= 0.3 is 0 Å². The molecule has 0 radical (unpaired) electrons. The molecule has 140 valence electrons. The molecule has 1 saturated carbocycles. The number of carbonyl (C=O) groups is 1. The van der Waals surface area contributed by atoms with Gasteiger partial charge in [-0.2, -0.15) is 0 Å². The first-order chi connectivity index (χ1) is 13.8. The van der Waals surface area contributed by atoms with Crippen molar-refractivity contribution in [2.24, 2.45) is 0 Å². The van der Waals surface area contributed by atoms with Crippen LogP contribution in [-0.4, -0.2) is 41.8 Å². The van der Waals surface area contributed by atoms with Gasteiger partial charge in [0.15, 0.2) is 0 Å². The first-order valence-electron chi connectivity index (χ1n) is 9.02. The number of nitrogens with zero attached hydrogens (tertiary/aromatic N) is 5. The predicted molar refractivity (Wildman–Crippen MR) is 107 cm³/mol. The lowest BCUT2D eigenvalue weighted by Crippen LogP contribution is -2.14. The Morgan fingerprint density at radius 1 is 1.21 bits per heavy atom. The lowest BCUT2D eigenvalue weighted by molar-refractivity contribution is -0.113. The Kier molecular flexibility index (Phi) is 4.28. The molecule has 4 aromatic rings. The molecule has 1 aliphatic carbocycles. The molecule has 1 fully saturated rings. The van der Waals surface area contributed by atoms with Crippen molar-refractivity contribution in [2.45, 2.75) is 24.0 Å². The summed E-state index contributed by atoms with van der Waals surface area (Å²) in [7, 11) is 0. The van der Waals surface area contributed by atoms with Crippen LogP contribution in [0.2, 0.25) is 0 Å². The molecule has 0 aliphatic heterocycles. The quantitative estimate of drug-likeness (QED) is 0.489. The molecule has 0 saturated heterocycles. The van der Waals surface area contributed by atoms with E-state index >= 15 is 0 Å². The van der Waals surface area contributed by atoms with E-state index in [2.05, 4.69) is 30.8 Å². The van der Waals surface area contributed by atoms with Crippen LogP contribution in [0.15, 0.2) is 53.7 Å². The SMILES string of the molecule is O=C(CSc1nnnn1C1CC1)Nc1cccc(-c2nc3ccccc3[nH]2)c1. The topological polar surface area (TPSA) is 101 Å². The lowest BCUT2D eigenvalue weighted by Gasteiger charge is -2.06. The lowest BCUT2D eigenvalue weighted by atomic mass is 10.2. The van der Waals surface area contributed by atoms with Crippen LogP contribution in [0, 0.1) is 0 Å². The largest absolute Gasteiger partial charge is 0.338 e. The number of tetrazole rings is 1. The molecule has 1 amide bonds. The molecule has 28 heavy (non-hydrogen) atoms. The molecule has 5 rings (SSSR count). The molecule has 0 bridgehead atoms. The van der Waals surface area contributed by atoms with E-state index in [1.807, 2.05) is 48.5 Å². The Labute approximate surface area is 164 Å². The highest BCUT2D eigenvalue weighted by Crippen LogP contribution is 2.36. The summed E-state index contributed by atoms with van der Waals surface area (Å²) in [6, 6.07) is 15.9. The Hall–Kier alpha value is -3.20. The average molecular weight is 391 g/mol. The molecule has 8 nitrogen and oxygen atoms in total. The number of amides is 1. The second kappa shape index (κ2) is 7.08. The number of benzene rings is 2. The summed E-state index contributed by atoms with van der Waals surface area (Å²) in [6.07, 6.45) is 2.19. The molecule has 9 heteroatoms. The van der Waals surface area contributed by atoms with E-state index in [1.165, 1.54) is 11.8 Å². The third kappa shape index (κ3) is 3.48. The highest BCUT2D eigenvalue weighted by atomic mass is 32.2. The highest BCUT2D eigenvalue weighted by Gasteiger charge is 2.28. The zero-order valence-electron chi connectivity index (χ0n) is 14.9. The first kappa shape index (κ1) is 16.9. The second-order valence-electron chi connectivity index (χ2n) is 6.66. The summed E-state index contributed by atoms with van der Waals surface area (Å²) in [5, 5.41) is 15.3. The van der Waals surface area contributed by atoms with Crippen molar-refractivity contribution >= 4 is 34.4 Å². The maximum absolute atomic E-state index is 12.4. The van der Waals surface area contributed by atoms with Gasteiger partial charge in [-0.05, 0) is 47.5 Å². The molecule has 2 aromatic carbocycles. The zero-order valence-corrected chi connectivity index (χ0v) is 15.7. The fraction of sp³-hybridized carbons (Fsp3) is 0.211. The third-order valence-corrected chi connectivity index (χ3v) is 5.43. The molecule has 2 heterocycles. The Bertz CT molecular complexity index is 1110. The predicted octanol–water partition coefficient (Wildman–Crippen LogP) is 3.28. The van der Waals surface area contributed by atoms with Crippen LogP contribution in [0.25, 0.3) is 22.4 Å². The van der Waals surface area contributed by atoms with Gasteiger partial charge in [-0.1, -0.05) is 36.0 Å². The first-order valence-corrected chi connectivity index (χ1v) is 10.0. The third-order valence-electron chi connectivity index (χ3n) is 4.50. The van der Waals surface area contributed by atoms with Crippen molar-refractivity contribution in [1.29, 1.82) is 0 Å². The fourth-order valence-corrected chi connectivity index (χ4v) is 3.73. The number of nitrogens with one attached hydrogen (secondary N) is 2. The normalized spacial score (nSPS) is 13.7. The number of aromatic amines is 1. The second-order valence-corrected chi connectivity index (χ2v) is 7.60. The van der Waals surface area contributed by atoms with Crippen molar-refractivity contribution in [3.05, 3.63) is 48.5 Å². The van der Waals surface area contributed by atoms with E-state index in [0.717, 1.165) is 41.0 Å². The number of aromatic nitrogens is 6. The summed E-state index contributed by atoms with van der Waals surface area (Å²) in [5.74, 6) is 0.925. The van der Waals surface area contributed by atoms with Crippen LogP contribution >= 0.6 is 11.8 Å². The average Bonchev–Trinajstić information content (AvgIpc) is 3.28. The highest BCUT2D eigenvalue weighted by molar-refractivity contribution is 7.99. The van der Waals surface area contributed by atoms with Gasteiger partial charge < -0.3 is 10.3 Å². The summed E-state index contributed by atoms with van der Waals surface area (Å²) in [4.78, 5) is 20.3. The van der Waals surface area contributed by atoms with E-state index in [4.69, 9.17) is 0 Å². The molecule has 0 atom stereocenters. The van der Waals surface area contributed by atoms with Gasteiger partial charge in [-0.3, -0.25) is 4.79 Å². The maximum atomic E-state index is 12.4. The van der Waals surface area contributed by atoms with Gasteiger partial charge in [0, 0.05) is 11.3 Å². The fourth-order valence-electron chi connectivity index (χ4n) is 2.99. The number of imidazole rings is 1.